The molecule has 1 amide bonds. The minimum absolute atomic E-state index is 0.0155. The number of rotatable bonds is 7. The first kappa shape index (κ1) is 14.3. The number of amides is 1. The van der Waals surface area contributed by atoms with Gasteiger partial charge in [0.2, 0.25) is 5.91 Å². The molecule has 0 radical (unpaired) electrons. The third-order valence-electron chi connectivity index (χ3n) is 2.88. The topological polar surface area (TPSA) is 54.3 Å². The van der Waals surface area contributed by atoms with Crippen LogP contribution in [0.15, 0.2) is 46.9 Å². The van der Waals surface area contributed by atoms with Gasteiger partial charge < -0.3 is 15.1 Å². The minimum atomic E-state index is 0.0155. The summed E-state index contributed by atoms with van der Waals surface area (Å²) in [6.45, 7) is 3.61. The summed E-state index contributed by atoms with van der Waals surface area (Å²) in [5.74, 6) is 1.69. The molecule has 0 aliphatic rings. The predicted octanol–water partition coefficient (Wildman–Crippen LogP) is 2.56. The molecule has 2 N–H and O–H groups in total. The molecule has 0 bridgehead atoms. The van der Waals surface area contributed by atoms with E-state index in [1.165, 1.54) is 0 Å². The number of carbonyl (C=O) groups excluding carboxylic acids is 1. The summed E-state index contributed by atoms with van der Waals surface area (Å²) in [5, 5.41) is 5.89. The molecule has 0 aliphatic heterocycles. The molecule has 2 rings (SSSR count). The fraction of sp³-hybridized carbons (Fsp3) is 0.312. The SMILES string of the molecule is CCCNC(=O)CNCc1ccc(-c2ccccc2)o1. The first-order chi connectivity index (χ1) is 9.79. The second-order valence-corrected chi connectivity index (χ2v) is 4.59. The molecule has 106 valence electrons. The third-order valence-corrected chi connectivity index (χ3v) is 2.88. The van der Waals surface area contributed by atoms with Crippen LogP contribution in [0.3, 0.4) is 0 Å². The molecule has 0 saturated carbocycles. The summed E-state index contributed by atoms with van der Waals surface area (Å²) in [6.07, 6.45) is 0.949. The zero-order valence-electron chi connectivity index (χ0n) is 11.7. The molecule has 0 unspecified atom stereocenters. The summed E-state index contributed by atoms with van der Waals surface area (Å²) in [6, 6.07) is 13.8. The van der Waals surface area contributed by atoms with E-state index in [1.807, 2.05) is 49.4 Å². The Kier molecular flexibility index (Phi) is 5.38. The van der Waals surface area contributed by atoms with Gasteiger partial charge in [-0.25, -0.2) is 0 Å². The molecule has 4 heteroatoms. The van der Waals surface area contributed by atoms with E-state index in [0.29, 0.717) is 13.1 Å². The van der Waals surface area contributed by atoms with Crippen molar-refractivity contribution in [2.45, 2.75) is 19.9 Å². The lowest BCUT2D eigenvalue weighted by atomic mass is 10.2. The van der Waals surface area contributed by atoms with E-state index in [-0.39, 0.29) is 5.91 Å². The molecule has 4 nitrogen and oxygen atoms in total. The zero-order valence-corrected chi connectivity index (χ0v) is 11.7. The van der Waals surface area contributed by atoms with E-state index in [0.717, 1.165) is 30.0 Å². The second-order valence-electron chi connectivity index (χ2n) is 4.59. The van der Waals surface area contributed by atoms with Crippen LogP contribution in [0.1, 0.15) is 19.1 Å². The van der Waals surface area contributed by atoms with Crippen molar-refractivity contribution in [3.63, 3.8) is 0 Å². The van der Waals surface area contributed by atoms with Crippen molar-refractivity contribution < 1.29 is 9.21 Å². The van der Waals surface area contributed by atoms with Gasteiger partial charge in [0.25, 0.3) is 0 Å². The first-order valence-electron chi connectivity index (χ1n) is 6.91. The second kappa shape index (κ2) is 7.50. The summed E-state index contributed by atoms with van der Waals surface area (Å²) in [5.41, 5.74) is 1.06. The fourth-order valence-corrected chi connectivity index (χ4v) is 1.86. The summed E-state index contributed by atoms with van der Waals surface area (Å²) < 4.78 is 5.74. The Morgan fingerprint density at radius 1 is 1.15 bits per heavy atom. The number of hydrogen-bond acceptors (Lipinski definition) is 3. The monoisotopic (exact) mass is 272 g/mol. The van der Waals surface area contributed by atoms with E-state index in [4.69, 9.17) is 4.42 Å². The maximum absolute atomic E-state index is 11.4. The van der Waals surface area contributed by atoms with Crippen LogP contribution in [0.5, 0.6) is 0 Å². The Morgan fingerprint density at radius 2 is 1.95 bits per heavy atom. The molecule has 0 aliphatic carbocycles. The van der Waals surface area contributed by atoms with Crippen molar-refractivity contribution in [2.75, 3.05) is 13.1 Å². The van der Waals surface area contributed by atoms with E-state index in [9.17, 15) is 4.79 Å². The number of benzene rings is 1. The molecule has 2 aromatic rings. The van der Waals surface area contributed by atoms with E-state index < -0.39 is 0 Å². The maximum atomic E-state index is 11.4. The summed E-state index contributed by atoms with van der Waals surface area (Å²) in [7, 11) is 0. The fourth-order valence-electron chi connectivity index (χ4n) is 1.86. The van der Waals surface area contributed by atoms with Gasteiger partial charge in [-0.15, -0.1) is 0 Å². The quantitative estimate of drug-likeness (QED) is 0.814. The van der Waals surface area contributed by atoms with Crippen LogP contribution in [0, 0.1) is 0 Å². The molecule has 20 heavy (non-hydrogen) atoms. The largest absolute Gasteiger partial charge is 0.460 e. The zero-order chi connectivity index (χ0) is 14.2. The van der Waals surface area contributed by atoms with Gasteiger partial charge in [-0.05, 0) is 18.6 Å². The normalized spacial score (nSPS) is 10.4. The average Bonchev–Trinajstić information content (AvgIpc) is 2.95. The molecular weight excluding hydrogens is 252 g/mol. The van der Waals surface area contributed by atoms with Crippen LogP contribution in [-0.4, -0.2) is 19.0 Å². The van der Waals surface area contributed by atoms with Gasteiger partial charge in [-0.3, -0.25) is 4.79 Å². The summed E-state index contributed by atoms with van der Waals surface area (Å²) >= 11 is 0. The van der Waals surface area contributed by atoms with Crippen molar-refractivity contribution in [3.8, 4) is 11.3 Å². The Morgan fingerprint density at radius 3 is 2.70 bits per heavy atom. The van der Waals surface area contributed by atoms with Crippen molar-refractivity contribution in [2.24, 2.45) is 0 Å². The van der Waals surface area contributed by atoms with Gasteiger partial charge in [0.15, 0.2) is 0 Å². The number of furan rings is 1. The maximum Gasteiger partial charge on any atom is 0.233 e. The standard InChI is InChI=1S/C16H20N2O2/c1-2-10-18-16(19)12-17-11-14-8-9-15(20-14)13-6-4-3-5-7-13/h3-9,17H,2,10-12H2,1H3,(H,18,19). The average molecular weight is 272 g/mol. The number of nitrogens with one attached hydrogen (secondary N) is 2. The summed E-state index contributed by atoms with van der Waals surface area (Å²) in [4.78, 5) is 11.4. The van der Waals surface area contributed by atoms with Gasteiger partial charge in [0.1, 0.15) is 11.5 Å². The van der Waals surface area contributed by atoms with Crippen molar-refractivity contribution in [1.82, 2.24) is 10.6 Å². The van der Waals surface area contributed by atoms with Crippen molar-refractivity contribution in [1.29, 1.82) is 0 Å². The van der Waals surface area contributed by atoms with Gasteiger partial charge in [-0.1, -0.05) is 37.3 Å². The van der Waals surface area contributed by atoms with Crippen LogP contribution in [0.4, 0.5) is 0 Å². The van der Waals surface area contributed by atoms with Crippen LogP contribution in [-0.2, 0) is 11.3 Å². The van der Waals surface area contributed by atoms with Crippen LogP contribution in [0.25, 0.3) is 11.3 Å². The van der Waals surface area contributed by atoms with Crippen LogP contribution in [0.2, 0.25) is 0 Å². The molecular formula is C16H20N2O2. The van der Waals surface area contributed by atoms with Crippen molar-refractivity contribution >= 4 is 5.91 Å². The highest BCUT2D eigenvalue weighted by atomic mass is 16.3. The lowest BCUT2D eigenvalue weighted by molar-refractivity contribution is -0.120. The Balaban J connectivity index is 1.80. The lowest BCUT2D eigenvalue weighted by Crippen LogP contribution is -2.33. The van der Waals surface area contributed by atoms with Crippen LogP contribution < -0.4 is 10.6 Å². The van der Waals surface area contributed by atoms with Gasteiger partial charge in [-0.2, -0.15) is 0 Å². The highest BCUT2D eigenvalue weighted by Gasteiger charge is 2.05. The van der Waals surface area contributed by atoms with E-state index in [2.05, 4.69) is 10.6 Å². The lowest BCUT2D eigenvalue weighted by Gasteiger charge is -2.04. The molecule has 0 spiro atoms. The smallest absolute Gasteiger partial charge is 0.233 e. The number of carbonyl (C=O) groups is 1. The predicted molar refractivity (Wildman–Crippen MR) is 79.2 cm³/mol. The van der Waals surface area contributed by atoms with E-state index in [1.54, 1.807) is 0 Å². The minimum Gasteiger partial charge on any atom is -0.460 e. The molecule has 1 aromatic carbocycles. The van der Waals surface area contributed by atoms with Crippen LogP contribution >= 0.6 is 0 Å². The molecule has 1 heterocycles. The Labute approximate surface area is 119 Å². The Bertz CT molecular complexity index is 534. The van der Waals surface area contributed by atoms with Gasteiger partial charge in [0.05, 0.1) is 13.1 Å². The molecule has 1 aromatic heterocycles. The van der Waals surface area contributed by atoms with Gasteiger partial charge in [0, 0.05) is 12.1 Å². The number of hydrogen-bond donors (Lipinski definition) is 2. The molecule has 0 fully saturated rings. The molecule has 0 atom stereocenters. The van der Waals surface area contributed by atoms with Crippen molar-refractivity contribution in [3.05, 3.63) is 48.2 Å². The molecule has 0 saturated heterocycles. The Hall–Kier alpha value is -2.07. The van der Waals surface area contributed by atoms with E-state index >= 15 is 0 Å². The van der Waals surface area contributed by atoms with Gasteiger partial charge >= 0.3 is 0 Å². The first-order valence-corrected chi connectivity index (χ1v) is 6.91. The third kappa shape index (κ3) is 4.24. The highest BCUT2D eigenvalue weighted by Crippen LogP contribution is 2.21. The highest BCUT2D eigenvalue weighted by molar-refractivity contribution is 5.77.